The molecule has 2 heterocycles. The molecule has 0 saturated carbocycles. The Hall–Kier alpha value is -2.10. The predicted octanol–water partition coefficient (Wildman–Crippen LogP) is -0.332. The van der Waals surface area contributed by atoms with E-state index < -0.39 is 33.8 Å². The summed E-state index contributed by atoms with van der Waals surface area (Å²) >= 11 is 0. The molecule has 1 saturated heterocycles. The third-order valence-electron chi connectivity index (χ3n) is 2.81. The van der Waals surface area contributed by atoms with Gasteiger partial charge in [0.2, 0.25) is 5.91 Å². The Morgan fingerprint density at radius 1 is 1.45 bits per heavy atom. The molecule has 1 aliphatic rings. The van der Waals surface area contributed by atoms with Crippen LogP contribution >= 0.6 is 0 Å². The molecule has 1 aromatic heterocycles. The maximum Gasteiger partial charge on any atom is 0.358 e. The summed E-state index contributed by atoms with van der Waals surface area (Å²) in [7, 11) is -3.61. The average Bonchev–Trinajstić information content (AvgIpc) is 2.80. The topological polar surface area (TPSA) is 107 Å². The molecule has 8 nitrogen and oxygen atoms in total. The van der Waals surface area contributed by atoms with Gasteiger partial charge < -0.3 is 4.74 Å². The number of carbonyl (C=O) groups is 2. The van der Waals surface area contributed by atoms with Crippen molar-refractivity contribution in [3.63, 3.8) is 0 Å². The van der Waals surface area contributed by atoms with Crippen molar-refractivity contribution in [1.82, 2.24) is 10.2 Å². The average molecular weight is 303 g/mol. The monoisotopic (exact) mass is 303 g/mol. The molecule has 0 aliphatic carbocycles. The van der Waals surface area contributed by atoms with Gasteiger partial charge in [-0.25, -0.2) is 4.79 Å². The summed E-state index contributed by atoms with van der Waals surface area (Å²) < 4.78 is 38.9. The minimum atomic E-state index is -4.79. The molecular formula is C10H10FN3O5S. The molecule has 2 rings (SSSR count). The number of ether oxygens (including phenoxy) is 1. The first-order valence-electron chi connectivity index (χ1n) is 5.49. The Kier molecular flexibility index (Phi) is 3.66. The second-order valence-corrected chi connectivity index (χ2v) is 5.69. The second-order valence-electron chi connectivity index (χ2n) is 4.07. The lowest BCUT2D eigenvalue weighted by molar-refractivity contribution is -0.117. The SMILES string of the molecule is COC(=O)c1ccc(N2CC(S(=O)(=O)F)CC2=O)nn1. The van der Waals surface area contributed by atoms with Crippen LogP contribution in [0.5, 0.6) is 0 Å². The standard InChI is InChI=1S/C10H10FN3O5S/c1-19-10(16)7-2-3-8(13-12-7)14-5-6(4-9(14)15)20(11,17)18/h2-3,6H,4-5H2,1H3. The van der Waals surface area contributed by atoms with Gasteiger partial charge in [-0.2, -0.15) is 8.42 Å². The fraction of sp³-hybridized carbons (Fsp3) is 0.400. The Labute approximate surface area is 113 Å². The van der Waals surface area contributed by atoms with Gasteiger partial charge in [0.25, 0.3) is 0 Å². The fourth-order valence-corrected chi connectivity index (χ4v) is 2.44. The molecule has 108 valence electrons. The van der Waals surface area contributed by atoms with E-state index in [0.29, 0.717) is 0 Å². The third kappa shape index (κ3) is 2.74. The Bertz CT molecular complexity index is 645. The van der Waals surface area contributed by atoms with Crippen molar-refractivity contribution in [3.05, 3.63) is 17.8 Å². The molecule has 10 heteroatoms. The number of esters is 1. The highest BCUT2D eigenvalue weighted by atomic mass is 32.3. The van der Waals surface area contributed by atoms with E-state index in [4.69, 9.17) is 0 Å². The van der Waals surface area contributed by atoms with Crippen LogP contribution in [0.15, 0.2) is 12.1 Å². The van der Waals surface area contributed by atoms with Crippen molar-refractivity contribution < 1.29 is 26.6 Å². The molecule has 20 heavy (non-hydrogen) atoms. The van der Waals surface area contributed by atoms with Gasteiger partial charge in [0.15, 0.2) is 11.5 Å². The molecular weight excluding hydrogens is 293 g/mol. The van der Waals surface area contributed by atoms with Crippen LogP contribution in [0.4, 0.5) is 9.70 Å². The van der Waals surface area contributed by atoms with Crippen molar-refractivity contribution in [1.29, 1.82) is 0 Å². The zero-order chi connectivity index (χ0) is 14.9. The first-order chi connectivity index (χ1) is 9.32. The molecule has 0 bridgehead atoms. The molecule has 0 spiro atoms. The molecule has 1 aliphatic heterocycles. The first-order valence-corrected chi connectivity index (χ1v) is 6.93. The van der Waals surface area contributed by atoms with E-state index in [1.54, 1.807) is 0 Å². The van der Waals surface area contributed by atoms with Gasteiger partial charge in [-0.05, 0) is 12.1 Å². The number of amides is 1. The van der Waals surface area contributed by atoms with Gasteiger partial charge >= 0.3 is 16.2 Å². The van der Waals surface area contributed by atoms with Crippen LogP contribution in [0.2, 0.25) is 0 Å². The Balaban J connectivity index is 2.21. The molecule has 1 unspecified atom stereocenters. The minimum Gasteiger partial charge on any atom is -0.464 e. The van der Waals surface area contributed by atoms with E-state index in [2.05, 4.69) is 14.9 Å². The number of hydrogen-bond donors (Lipinski definition) is 0. The molecule has 1 amide bonds. The number of anilines is 1. The van der Waals surface area contributed by atoms with Crippen LogP contribution < -0.4 is 4.90 Å². The first kappa shape index (κ1) is 14.3. The largest absolute Gasteiger partial charge is 0.464 e. The Morgan fingerprint density at radius 3 is 2.60 bits per heavy atom. The normalized spacial score (nSPS) is 19.2. The molecule has 0 aromatic carbocycles. The van der Waals surface area contributed by atoms with Crippen LogP contribution in [-0.2, 0) is 19.8 Å². The molecule has 0 radical (unpaired) electrons. The van der Waals surface area contributed by atoms with E-state index in [-0.39, 0.29) is 18.1 Å². The van der Waals surface area contributed by atoms with Gasteiger partial charge in [0.1, 0.15) is 5.25 Å². The maximum absolute atomic E-state index is 12.9. The van der Waals surface area contributed by atoms with Gasteiger partial charge in [-0.3, -0.25) is 9.69 Å². The van der Waals surface area contributed by atoms with E-state index >= 15 is 0 Å². The van der Waals surface area contributed by atoms with Gasteiger partial charge in [0, 0.05) is 13.0 Å². The van der Waals surface area contributed by atoms with Crippen LogP contribution in [-0.4, -0.2) is 49.4 Å². The van der Waals surface area contributed by atoms with E-state index in [1.165, 1.54) is 19.2 Å². The number of halogens is 1. The second kappa shape index (κ2) is 5.12. The maximum atomic E-state index is 12.9. The van der Waals surface area contributed by atoms with E-state index in [9.17, 15) is 21.9 Å². The van der Waals surface area contributed by atoms with E-state index in [1.807, 2.05) is 0 Å². The lowest BCUT2D eigenvalue weighted by Crippen LogP contribution is -2.28. The van der Waals surface area contributed by atoms with Crippen LogP contribution in [0, 0.1) is 0 Å². The number of aromatic nitrogens is 2. The van der Waals surface area contributed by atoms with Gasteiger partial charge in [-0.1, -0.05) is 0 Å². The summed E-state index contributed by atoms with van der Waals surface area (Å²) in [6.45, 7) is -0.329. The quantitative estimate of drug-likeness (QED) is 0.555. The van der Waals surface area contributed by atoms with Crippen molar-refractivity contribution in [2.75, 3.05) is 18.6 Å². The number of carbonyl (C=O) groups excluding carboxylic acids is 2. The highest BCUT2D eigenvalue weighted by Crippen LogP contribution is 2.24. The van der Waals surface area contributed by atoms with Crippen molar-refractivity contribution in [2.24, 2.45) is 0 Å². The van der Waals surface area contributed by atoms with Crippen molar-refractivity contribution in [3.8, 4) is 0 Å². The number of methoxy groups -OCH3 is 1. The smallest absolute Gasteiger partial charge is 0.358 e. The van der Waals surface area contributed by atoms with E-state index in [0.717, 1.165) is 4.90 Å². The summed E-state index contributed by atoms with van der Waals surface area (Å²) in [4.78, 5) is 23.8. The predicted molar refractivity (Wildman–Crippen MR) is 64.2 cm³/mol. The van der Waals surface area contributed by atoms with Gasteiger partial charge in [-0.15, -0.1) is 14.1 Å². The van der Waals surface area contributed by atoms with Crippen LogP contribution in [0.3, 0.4) is 0 Å². The molecule has 1 aromatic rings. The Morgan fingerprint density at radius 2 is 2.15 bits per heavy atom. The summed E-state index contributed by atoms with van der Waals surface area (Å²) in [5, 5.41) is 5.78. The number of rotatable bonds is 3. The van der Waals surface area contributed by atoms with Crippen molar-refractivity contribution >= 4 is 27.9 Å². The number of hydrogen-bond acceptors (Lipinski definition) is 7. The molecule has 0 N–H and O–H groups in total. The van der Waals surface area contributed by atoms with Crippen molar-refractivity contribution in [2.45, 2.75) is 11.7 Å². The van der Waals surface area contributed by atoms with Gasteiger partial charge in [0.05, 0.1) is 7.11 Å². The lowest BCUT2D eigenvalue weighted by atomic mass is 10.4. The lowest BCUT2D eigenvalue weighted by Gasteiger charge is -2.13. The molecule has 1 fully saturated rings. The zero-order valence-corrected chi connectivity index (χ0v) is 11.1. The minimum absolute atomic E-state index is 0.0498. The van der Waals surface area contributed by atoms with Crippen LogP contribution in [0.1, 0.15) is 16.9 Å². The fourth-order valence-electron chi connectivity index (χ4n) is 1.77. The molecule has 1 atom stereocenters. The summed E-state index contributed by atoms with van der Waals surface area (Å²) in [5.41, 5.74) is -0.0578. The highest BCUT2D eigenvalue weighted by Gasteiger charge is 2.39. The van der Waals surface area contributed by atoms with Crippen LogP contribution in [0.25, 0.3) is 0 Å². The third-order valence-corrected chi connectivity index (χ3v) is 3.92. The number of nitrogens with zero attached hydrogens (tertiary/aromatic N) is 3. The zero-order valence-electron chi connectivity index (χ0n) is 10.3. The highest BCUT2D eigenvalue weighted by molar-refractivity contribution is 7.87. The summed E-state index contributed by atoms with van der Waals surface area (Å²) in [5.74, 6) is -1.22. The summed E-state index contributed by atoms with van der Waals surface area (Å²) in [6.07, 6.45) is -0.445. The summed E-state index contributed by atoms with van der Waals surface area (Å²) in [6, 6.07) is 2.59.